The van der Waals surface area contributed by atoms with Crippen molar-refractivity contribution in [1.29, 1.82) is 0 Å². The van der Waals surface area contributed by atoms with Gasteiger partial charge in [0.05, 0.1) is 11.0 Å². The fraction of sp³-hybridized carbons (Fsp3) is 0.273. The molecule has 0 aliphatic carbocycles. The van der Waals surface area contributed by atoms with E-state index in [9.17, 15) is 14.5 Å². The van der Waals surface area contributed by atoms with Gasteiger partial charge in [0.15, 0.2) is 5.75 Å². The molecule has 0 unspecified atom stereocenters. The SMILES string of the molecule is CC(C)=CCOc1ccc(F)cc1[N+](=O)[O-]. The Hall–Kier alpha value is -1.91. The molecular formula is C11H12FNO3. The van der Waals surface area contributed by atoms with Gasteiger partial charge in [-0.2, -0.15) is 0 Å². The van der Waals surface area contributed by atoms with Crippen LogP contribution in [0.3, 0.4) is 0 Å². The zero-order valence-electron chi connectivity index (χ0n) is 9.07. The summed E-state index contributed by atoms with van der Waals surface area (Å²) in [6.07, 6.45) is 1.78. The topological polar surface area (TPSA) is 52.4 Å². The lowest BCUT2D eigenvalue weighted by Gasteiger charge is -2.04. The Bertz CT molecular complexity index is 425. The molecule has 0 aliphatic heterocycles. The molecule has 0 atom stereocenters. The van der Waals surface area contributed by atoms with Crippen LogP contribution in [0, 0.1) is 15.9 Å². The van der Waals surface area contributed by atoms with E-state index in [1.807, 2.05) is 13.8 Å². The van der Waals surface area contributed by atoms with Crippen LogP contribution in [-0.2, 0) is 0 Å². The highest BCUT2D eigenvalue weighted by atomic mass is 19.1. The van der Waals surface area contributed by atoms with E-state index in [-0.39, 0.29) is 18.0 Å². The molecule has 1 aromatic carbocycles. The van der Waals surface area contributed by atoms with Crippen molar-refractivity contribution >= 4 is 5.69 Å². The smallest absolute Gasteiger partial charge is 0.313 e. The average Bonchev–Trinajstić information content (AvgIpc) is 2.19. The summed E-state index contributed by atoms with van der Waals surface area (Å²) in [4.78, 5) is 9.95. The summed E-state index contributed by atoms with van der Waals surface area (Å²) in [5.74, 6) is -0.579. The minimum Gasteiger partial charge on any atom is -0.483 e. The number of nitro groups is 1. The summed E-state index contributed by atoms with van der Waals surface area (Å²) >= 11 is 0. The van der Waals surface area contributed by atoms with Crippen LogP contribution in [0.4, 0.5) is 10.1 Å². The third kappa shape index (κ3) is 3.34. The Kier molecular flexibility index (Phi) is 3.99. The van der Waals surface area contributed by atoms with E-state index >= 15 is 0 Å². The molecule has 0 saturated carbocycles. The predicted octanol–water partition coefficient (Wildman–Crippen LogP) is 3.08. The largest absolute Gasteiger partial charge is 0.483 e. The maximum absolute atomic E-state index is 12.8. The second kappa shape index (κ2) is 5.25. The number of halogens is 1. The number of allylic oxidation sites excluding steroid dienone is 1. The molecule has 0 heterocycles. The van der Waals surface area contributed by atoms with Crippen molar-refractivity contribution in [1.82, 2.24) is 0 Å². The zero-order chi connectivity index (χ0) is 12.1. The number of rotatable bonds is 4. The van der Waals surface area contributed by atoms with Gasteiger partial charge in [-0.3, -0.25) is 10.1 Å². The molecule has 0 radical (unpaired) electrons. The van der Waals surface area contributed by atoms with E-state index in [4.69, 9.17) is 4.74 Å². The quantitative estimate of drug-likeness (QED) is 0.449. The summed E-state index contributed by atoms with van der Waals surface area (Å²) in [6, 6.07) is 3.23. The van der Waals surface area contributed by atoms with E-state index in [2.05, 4.69) is 0 Å². The van der Waals surface area contributed by atoms with Crippen LogP contribution in [0.2, 0.25) is 0 Å². The van der Waals surface area contributed by atoms with Gasteiger partial charge >= 0.3 is 5.69 Å². The zero-order valence-corrected chi connectivity index (χ0v) is 9.07. The first-order valence-electron chi connectivity index (χ1n) is 4.71. The second-order valence-corrected chi connectivity index (χ2v) is 3.46. The van der Waals surface area contributed by atoms with Crippen LogP contribution in [-0.4, -0.2) is 11.5 Å². The van der Waals surface area contributed by atoms with Crippen LogP contribution in [0.15, 0.2) is 29.8 Å². The molecule has 86 valence electrons. The summed E-state index contributed by atoms with van der Waals surface area (Å²) in [6.45, 7) is 4.01. The first-order valence-corrected chi connectivity index (χ1v) is 4.71. The monoisotopic (exact) mass is 225 g/mol. The van der Waals surface area contributed by atoms with E-state index in [0.717, 1.165) is 17.7 Å². The van der Waals surface area contributed by atoms with Gasteiger partial charge < -0.3 is 4.74 Å². The van der Waals surface area contributed by atoms with Gasteiger partial charge in [-0.25, -0.2) is 4.39 Å². The lowest BCUT2D eigenvalue weighted by Crippen LogP contribution is -1.99. The van der Waals surface area contributed by atoms with Gasteiger partial charge in [-0.1, -0.05) is 5.57 Å². The minimum absolute atomic E-state index is 0.0731. The van der Waals surface area contributed by atoms with Crippen molar-refractivity contribution in [3.05, 3.63) is 45.8 Å². The van der Waals surface area contributed by atoms with Crippen LogP contribution >= 0.6 is 0 Å². The van der Waals surface area contributed by atoms with Crippen molar-refractivity contribution in [3.63, 3.8) is 0 Å². The number of hydrogen-bond acceptors (Lipinski definition) is 3. The Morgan fingerprint density at radius 1 is 1.56 bits per heavy atom. The van der Waals surface area contributed by atoms with E-state index in [1.165, 1.54) is 6.07 Å². The van der Waals surface area contributed by atoms with Gasteiger partial charge in [0.25, 0.3) is 0 Å². The van der Waals surface area contributed by atoms with Crippen molar-refractivity contribution in [2.75, 3.05) is 6.61 Å². The maximum atomic E-state index is 12.8. The van der Waals surface area contributed by atoms with Crippen molar-refractivity contribution in [2.45, 2.75) is 13.8 Å². The van der Waals surface area contributed by atoms with Crippen molar-refractivity contribution in [3.8, 4) is 5.75 Å². The van der Waals surface area contributed by atoms with E-state index in [0.29, 0.717) is 0 Å². The van der Waals surface area contributed by atoms with Crippen molar-refractivity contribution in [2.24, 2.45) is 0 Å². The van der Waals surface area contributed by atoms with Gasteiger partial charge in [-0.15, -0.1) is 0 Å². The molecule has 0 aromatic heterocycles. The second-order valence-electron chi connectivity index (χ2n) is 3.46. The highest BCUT2D eigenvalue weighted by molar-refractivity contribution is 5.46. The standard InChI is InChI=1S/C11H12FNO3/c1-8(2)5-6-16-11-4-3-9(12)7-10(11)13(14)15/h3-5,7H,6H2,1-2H3. The highest BCUT2D eigenvalue weighted by Crippen LogP contribution is 2.27. The third-order valence-corrected chi connectivity index (χ3v) is 1.85. The molecule has 5 heteroatoms. The average molecular weight is 225 g/mol. The van der Waals surface area contributed by atoms with Gasteiger partial charge in [-0.05, 0) is 32.1 Å². The molecule has 16 heavy (non-hydrogen) atoms. The molecule has 1 aromatic rings. The molecule has 0 saturated heterocycles. The number of nitrogens with zero attached hydrogens (tertiary/aromatic N) is 1. The van der Waals surface area contributed by atoms with E-state index in [1.54, 1.807) is 6.08 Å². The third-order valence-electron chi connectivity index (χ3n) is 1.85. The molecule has 0 fully saturated rings. The van der Waals surface area contributed by atoms with Crippen LogP contribution in [0.5, 0.6) is 5.75 Å². The first kappa shape index (κ1) is 12.2. The molecule has 0 aliphatic rings. The van der Waals surface area contributed by atoms with Crippen LogP contribution in [0.1, 0.15) is 13.8 Å². The minimum atomic E-state index is -0.666. The summed E-state index contributed by atoms with van der Waals surface area (Å²) in [5.41, 5.74) is 0.687. The van der Waals surface area contributed by atoms with Gasteiger partial charge in [0.2, 0.25) is 0 Å². The van der Waals surface area contributed by atoms with Crippen LogP contribution in [0.25, 0.3) is 0 Å². The van der Waals surface area contributed by atoms with E-state index < -0.39 is 10.7 Å². The van der Waals surface area contributed by atoms with Gasteiger partial charge in [0, 0.05) is 0 Å². The summed E-state index contributed by atoms with van der Waals surface area (Å²) in [5, 5.41) is 10.6. The molecule has 0 spiro atoms. The summed E-state index contributed by atoms with van der Waals surface area (Å²) in [7, 11) is 0. The Balaban J connectivity index is 2.87. The Labute approximate surface area is 92.5 Å². The Morgan fingerprint density at radius 3 is 2.81 bits per heavy atom. The maximum Gasteiger partial charge on any atom is 0.313 e. The predicted molar refractivity (Wildman–Crippen MR) is 58.0 cm³/mol. The van der Waals surface area contributed by atoms with Crippen molar-refractivity contribution < 1.29 is 14.1 Å². The number of ether oxygens (including phenoxy) is 1. The molecule has 0 amide bonds. The fourth-order valence-corrected chi connectivity index (χ4v) is 1.05. The lowest BCUT2D eigenvalue weighted by molar-refractivity contribution is -0.386. The normalized spacial score (nSPS) is 9.69. The first-order chi connectivity index (χ1) is 7.50. The molecule has 0 bridgehead atoms. The lowest BCUT2D eigenvalue weighted by atomic mass is 10.3. The number of benzene rings is 1. The summed E-state index contributed by atoms with van der Waals surface area (Å²) < 4.78 is 18.0. The molecule has 4 nitrogen and oxygen atoms in total. The Morgan fingerprint density at radius 2 is 2.25 bits per heavy atom. The highest BCUT2D eigenvalue weighted by Gasteiger charge is 2.15. The van der Waals surface area contributed by atoms with Gasteiger partial charge in [0.1, 0.15) is 12.4 Å². The molecular weight excluding hydrogens is 213 g/mol. The number of nitro benzene ring substituents is 1. The molecule has 1 rings (SSSR count). The molecule has 0 N–H and O–H groups in total. The fourth-order valence-electron chi connectivity index (χ4n) is 1.05. The van der Waals surface area contributed by atoms with Crippen LogP contribution < -0.4 is 4.74 Å². The number of hydrogen-bond donors (Lipinski definition) is 0.